The van der Waals surface area contributed by atoms with Crippen molar-refractivity contribution in [2.24, 2.45) is 0 Å². The van der Waals surface area contributed by atoms with Crippen LogP contribution in [0.25, 0.3) is 0 Å². The quantitative estimate of drug-likeness (QED) is 0.602. The van der Waals surface area contributed by atoms with Gasteiger partial charge < -0.3 is 19.4 Å². The molecule has 1 aliphatic heterocycles. The smallest absolute Gasteiger partial charge is 0.261 e. The Kier molecular flexibility index (Phi) is 7.88. The third kappa shape index (κ3) is 5.03. The Balaban J connectivity index is 1.80. The van der Waals surface area contributed by atoms with Gasteiger partial charge in [0.1, 0.15) is 0 Å². The normalized spacial score (nSPS) is 22.4. The van der Waals surface area contributed by atoms with Crippen LogP contribution in [0, 0.1) is 0 Å². The van der Waals surface area contributed by atoms with Gasteiger partial charge in [-0.05, 0) is 34.7 Å². The Morgan fingerprint density at radius 2 is 1.53 bits per heavy atom. The molecule has 0 unspecified atom stereocenters. The van der Waals surface area contributed by atoms with E-state index in [0.29, 0.717) is 25.9 Å². The molecule has 0 radical (unpaired) electrons. The summed E-state index contributed by atoms with van der Waals surface area (Å²) < 4.78 is 13.0. The number of aliphatic hydroxyl groups excluding tert-OH is 2. The molecule has 0 amide bonds. The van der Waals surface area contributed by atoms with Crippen molar-refractivity contribution in [3.05, 3.63) is 60.7 Å². The molecule has 0 aromatic heterocycles. The average Bonchev–Trinajstić information content (AvgIpc) is 3.09. The summed E-state index contributed by atoms with van der Waals surface area (Å²) >= 11 is 0. The first-order chi connectivity index (χ1) is 14.4. The van der Waals surface area contributed by atoms with Crippen LogP contribution in [0.5, 0.6) is 0 Å². The molecular weight excluding hydrogens is 392 g/mol. The predicted molar refractivity (Wildman–Crippen MR) is 124 cm³/mol. The van der Waals surface area contributed by atoms with Crippen molar-refractivity contribution < 1.29 is 19.4 Å². The lowest BCUT2D eigenvalue weighted by molar-refractivity contribution is -0.00580. The minimum absolute atomic E-state index is 0.0324. The number of aliphatic hydroxyl groups is 2. The van der Waals surface area contributed by atoms with E-state index >= 15 is 0 Å². The van der Waals surface area contributed by atoms with Gasteiger partial charge in [0.2, 0.25) is 0 Å². The number of rotatable bonds is 9. The molecule has 1 aliphatic rings. The average molecular weight is 429 g/mol. The second-order valence-corrected chi connectivity index (χ2v) is 13.6. The maximum Gasteiger partial charge on any atom is 0.261 e. The molecule has 2 aromatic carbocycles. The highest BCUT2D eigenvalue weighted by Gasteiger charge is 2.50. The van der Waals surface area contributed by atoms with Gasteiger partial charge in [0.25, 0.3) is 8.32 Å². The van der Waals surface area contributed by atoms with Crippen LogP contribution in [0.15, 0.2) is 60.7 Å². The first-order valence-corrected chi connectivity index (χ1v) is 13.0. The Bertz CT molecular complexity index is 720. The monoisotopic (exact) mass is 428 g/mol. The van der Waals surface area contributed by atoms with E-state index in [9.17, 15) is 5.11 Å². The second kappa shape index (κ2) is 10.2. The highest BCUT2D eigenvalue weighted by Crippen LogP contribution is 2.37. The molecular formula is C25H36O4Si. The minimum Gasteiger partial charge on any atom is -0.407 e. The van der Waals surface area contributed by atoms with Gasteiger partial charge in [0, 0.05) is 19.6 Å². The lowest BCUT2D eigenvalue weighted by Crippen LogP contribution is -2.66. The molecule has 30 heavy (non-hydrogen) atoms. The van der Waals surface area contributed by atoms with Crippen LogP contribution in [0.2, 0.25) is 5.04 Å². The largest absolute Gasteiger partial charge is 0.407 e. The Morgan fingerprint density at radius 3 is 2.03 bits per heavy atom. The standard InChI is InChI=1S/C25H36O4Si/c1-25(2,3)30(21-12-6-4-7-13-21,22-14-8-5-9-15-22)28-18-16-24-23(27)19-20(29-24)11-10-17-26/h4-9,12-15,20,23-24,26-27H,10-11,16-19H2,1-3H3/t20-,23-,24-/m0/s1. The maximum absolute atomic E-state index is 10.5. The summed E-state index contributed by atoms with van der Waals surface area (Å²) in [4.78, 5) is 0. The van der Waals surface area contributed by atoms with Crippen LogP contribution in [0.4, 0.5) is 0 Å². The third-order valence-electron chi connectivity index (χ3n) is 6.12. The van der Waals surface area contributed by atoms with Gasteiger partial charge >= 0.3 is 0 Å². The van der Waals surface area contributed by atoms with Crippen LogP contribution in [0.1, 0.15) is 46.5 Å². The molecule has 1 heterocycles. The summed E-state index contributed by atoms with van der Waals surface area (Å²) in [5.74, 6) is 0. The number of hydrogen-bond acceptors (Lipinski definition) is 4. The van der Waals surface area contributed by atoms with Crippen LogP contribution in [-0.4, -0.2) is 50.1 Å². The number of benzene rings is 2. The lowest BCUT2D eigenvalue weighted by atomic mass is 10.1. The molecule has 0 aliphatic carbocycles. The fourth-order valence-electron chi connectivity index (χ4n) is 4.67. The predicted octanol–water partition coefficient (Wildman–Crippen LogP) is 3.24. The van der Waals surface area contributed by atoms with Crippen molar-refractivity contribution in [2.75, 3.05) is 13.2 Å². The molecule has 4 nitrogen and oxygen atoms in total. The van der Waals surface area contributed by atoms with Crippen LogP contribution in [-0.2, 0) is 9.16 Å². The summed E-state index contributed by atoms with van der Waals surface area (Å²) in [6.07, 6.45) is 2.18. The molecule has 5 heteroatoms. The minimum atomic E-state index is -2.55. The molecule has 3 atom stereocenters. The Morgan fingerprint density at radius 1 is 0.967 bits per heavy atom. The first-order valence-electron chi connectivity index (χ1n) is 11.1. The van der Waals surface area contributed by atoms with Crippen LogP contribution >= 0.6 is 0 Å². The van der Waals surface area contributed by atoms with E-state index in [1.165, 1.54) is 10.4 Å². The van der Waals surface area contributed by atoms with E-state index in [-0.39, 0.29) is 23.9 Å². The number of ether oxygens (including phenoxy) is 1. The van der Waals surface area contributed by atoms with E-state index < -0.39 is 14.4 Å². The molecule has 164 valence electrons. The summed E-state index contributed by atoms with van der Waals surface area (Å²) in [7, 11) is -2.55. The van der Waals surface area contributed by atoms with E-state index in [1.54, 1.807) is 0 Å². The zero-order valence-electron chi connectivity index (χ0n) is 18.5. The summed E-state index contributed by atoms with van der Waals surface area (Å²) in [5.41, 5.74) is 0. The maximum atomic E-state index is 10.5. The SMILES string of the molecule is CC(C)(C)[Si](OCC[C@@H]1O[C@@H](CCCO)C[C@@H]1O)(c1ccccc1)c1ccccc1. The second-order valence-electron chi connectivity index (χ2n) is 9.27. The third-order valence-corrected chi connectivity index (χ3v) is 11.2. The van der Waals surface area contributed by atoms with Crippen molar-refractivity contribution in [3.8, 4) is 0 Å². The van der Waals surface area contributed by atoms with Gasteiger partial charge in [-0.25, -0.2) is 0 Å². The lowest BCUT2D eigenvalue weighted by Gasteiger charge is -2.43. The van der Waals surface area contributed by atoms with Crippen molar-refractivity contribution in [3.63, 3.8) is 0 Å². The van der Waals surface area contributed by atoms with Crippen molar-refractivity contribution in [1.29, 1.82) is 0 Å². The summed E-state index contributed by atoms with van der Waals surface area (Å²) in [6.45, 7) is 7.51. The Labute approximate surface area is 182 Å². The fourth-order valence-corrected chi connectivity index (χ4v) is 9.25. The highest BCUT2D eigenvalue weighted by atomic mass is 28.4. The van der Waals surface area contributed by atoms with Crippen molar-refractivity contribution in [2.45, 2.75) is 69.8 Å². The number of hydrogen-bond donors (Lipinski definition) is 2. The molecule has 0 bridgehead atoms. The van der Waals surface area contributed by atoms with E-state index in [2.05, 4.69) is 69.3 Å². The first kappa shape index (κ1) is 23.2. The van der Waals surface area contributed by atoms with E-state index in [4.69, 9.17) is 14.3 Å². The fraction of sp³-hybridized carbons (Fsp3) is 0.520. The molecule has 0 saturated carbocycles. The van der Waals surface area contributed by atoms with Crippen molar-refractivity contribution >= 4 is 18.7 Å². The molecule has 3 rings (SSSR count). The van der Waals surface area contributed by atoms with Gasteiger partial charge in [-0.2, -0.15) is 0 Å². The van der Waals surface area contributed by atoms with Crippen molar-refractivity contribution in [1.82, 2.24) is 0 Å². The van der Waals surface area contributed by atoms with E-state index in [1.807, 2.05) is 12.1 Å². The topological polar surface area (TPSA) is 58.9 Å². The molecule has 2 N–H and O–H groups in total. The van der Waals surface area contributed by atoms with Gasteiger partial charge in [-0.15, -0.1) is 0 Å². The van der Waals surface area contributed by atoms with Gasteiger partial charge in [-0.3, -0.25) is 0 Å². The zero-order chi connectivity index (χ0) is 21.6. The van der Waals surface area contributed by atoms with Gasteiger partial charge in [-0.1, -0.05) is 81.4 Å². The molecule has 1 saturated heterocycles. The van der Waals surface area contributed by atoms with Gasteiger partial charge in [0.15, 0.2) is 0 Å². The zero-order valence-corrected chi connectivity index (χ0v) is 19.5. The van der Waals surface area contributed by atoms with Crippen LogP contribution < -0.4 is 10.4 Å². The van der Waals surface area contributed by atoms with E-state index in [0.717, 1.165) is 6.42 Å². The van der Waals surface area contributed by atoms with Gasteiger partial charge in [0.05, 0.1) is 18.3 Å². The van der Waals surface area contributed by atoms with Crippen LogP contribution in [0.3, 0.4) is 0 Å². The molecule has 2 aromatic rings. The highest BCUT2D eigenvalue weighted by molar-refractivity contribution is 6.99. The Hall–Kier alpha value is -1.50. The molecule has 1 fully saturated rings. The molecule has 0 spiro atoms. The summed E-state index contributed by atoms with van der Waals surface area (Å²) in [6, 6.07) is 21.2. The summed E-state index contributed by atoms with van der Waals surface area (Å²) in [5, 5.41) is 22.0.